The van der Waals surface area contributed by atoms with E-state index in [1.165, 1.54) is 0 Å². The number of nitrogens with two attached hydrogens (primary N) is 1. The molecular formula is C17H22N6O3. The van der Waals surface area contributed by atoms with E-state index in [9.17, 15) is 9.59 Å². The van der Waals surface area contributed by atoms with Crippen LogP contribution in [0, 0.1) is 5.92 Å². The number of piperidine rings is 1. The highest BCUT2D eigenvalue weighted by atomic mass is 16.5. The summed E-state index contributed by atoms with van der Waals surface area (Å²) >= 11 is 0. The summed E-state index contributed by atoms with van der Waals surface area (Å²) in [5, 5.41) is 6.78. The van der Waals surface area contributed by atoms with Gasteiger partial charge < -0.3 is 15.6 Å². The molecule has 0 radical (unpaired) electrons. The van der Waals surface area contributed by atoms with Crippen molar-refractivity contribution in [3.63, 3.8) is 0 Å². The van der Waals surface area contributed by atoms with Crippen molar-refractivity contribution in [1.82, 2.24) is 25.3 Å². The molecule has 9 heteroatoms. The third-order valence-corrected chi connectivity index (χ3v) is 4.47. The molecule has 0 aromatic carbocycles. The molecule has 9 nitrogen and oxygen atoms in total. The van der Waals surface area contributed by atoms with E-state index in [1.54, 1.807) is 25.4 Å². The number of pyridine rings is 1. The summed E-state index contributed by atoms with van der Waals surface area (Å²) < 4.78 is 5.24. The molecule has 2 aromatic rings. The summed E-state index contributed by atoms with van der Waals surface area (Å²) in [5.41, 5.74) is 6.07. The lowest BCUT2D eigenvalue weighted by molar-refractivity contribution is -0.124. The fourth-order valence-corrected chi connectivity index (χ4v) is 2.95. The van der Waals surface area contributed by atoms with E-state index in [-0.39, 0.29) is 24.3 Å². The zero-order valence-electron chi connectivity index (χ0n) is 14.6. The molecule has 1 aliphatic rings. The highest BCUT2D eigenvalue weighted by Crippen LogP contribution is 2.18. The van der Waals surface area contributed by atoms with Crippen molar-refractivity contribution in [2.24, 2.45) is 11.7 Å². The first kappa shape index (κ1) is 18.0. The number of rotatable bonds is 6. The van der Waals surface area contributed by atoms with Crippen molar-refractivity contribution < 1.29 is 14.1 Å². The molecule has 0 saturated carbocycles. The Hall–Kier alpha value is -2.81. The number of aromatic nitrogens is 3. The van der Waals surface area contributed by atoms with Crippen LogP contribution in [0.1, 0.15) is 31.7 Å². The lowest BCUT2D eigenvalue weighted by Gasteiger charge is -2.30. The van der Waals surface area contributed by atoms with Gasteiger partial charge in [0.2, 0.25) is 23.5 Å². The second-order valence-corrected chi connectivity index (χ2v) is 6.44. The molecule has 1 atom stereocenters. The summed E-state index contributed by atoms with van der Waals surface area (Å²) in [5.74, 6) is 0.296. The molecule has 26 heavy (non-hydrogen) atoms. The summed E-state index contributed by atoms with van der Waals surface area (Å²) in [7, 11) is 0. The number of hydrogen-bond acceptors (Lipinski definition) is 7. The molecule has 0 spiro atoms. The minimum atomic E-state index is -0.399. The SMILES string of the molecule is C[C@H](NC(=O)CN1CCC(C(N)=O)CC1)c1nc(-c2cccnc2)no1. The number of amides is 2. The Kier molecular flexibility index (Phi) is 5.57. The number of nitrogens with one attached hydrogen (secondary N) is 1. The Labute approximate surface area is 151 Å². The smallest absolute Gasteiger partial charge is 0.249 e. The molecule has 0 unspecified atom stereocenters. The molecule has 2 aromatic heterocycles. The summed E-state index contributed by atoms with van der Waals surface area (Å²) in [6, 6.07) is 3.22. The van der Waals surface area contributed by atoms with E-state index in [1.807, 2.05) is 11.0 Å². The second kappa shape index (κ2) is 8.05. The molecule has 2 amide bonds. The predicted octanol–water partition coefficient (Wildman–Crippen LogP) is 0.506. The van der Waals surface area contributed by atoms with Crippen LogP contribution < -0.4 is 11.1 Å². The van der Waals surface area contributed by atoms with Crippen molar-refractivity contribution in [2.45, 2.75) is 25.8 Å². The van der Waals surface area contributed by atoms with Gasteiger partial charge in [-0.05, 0) is 45.0 Å². The molecule has 3 N–H and O–H groups in total. The first-order chi connectivity index (χ1) is 12.5. The van der Waals surface area contributed by atoms with Crippen LogP contribution in [0.15, 0.2) is 29.0 Å². The highest BCUT2D eigenvalue weighted by Gasteiger charge is 2.25. The second-order valence-electron chi connectivity index (χ2n) is 6.44. The van der Waals surface area contributed by atoms with Crippen molar-refractivity contribution in [2.75, 3.05) is 19.6 Å². The Balaban J connectivity index is 1.50. The standard InChI is InChI=1S/C17H22N6O3/c1-11(17-21-16(22-26-17)13-3-2-6-19-9-13)20-14(24)10-23-7-4-12(5-8-23)15(18)25/h2-3,6,9,11-12H,4-5,7-8,10H2,1H3,(H2,18,25)(H,20,24)/t11-/m0/s1. The normalized spacial score (nSPS) is 17.0. The topological polar surface area (TPSA) is 127 Å². The monoisotopic (exact) mass is 358 g/mol. The van der Waals surface area contributed by atoms with Crippen LogP contribution in [0.3, 0.4) is 0 Å². The quantitative estimate of drug-likeness (QED) is 0.770. The van der Waals surface area contributed by atoms with Gasteiger partial charge >= 0.3 is 0 Å². The van der Waals surface area contributed by atoms with Gasteiger partial charge in [0.15, 0.2) is 0 Å². The van der Waals surface area contributed by atoms with Crippen LogP contribution in [-0.2, 0) is 9.59 Å². The Morgan fingerprint density at radius 3 is 2.85 bits per heavy atom. The van der Waals surface area contributed by atoms with Gasteiger partial charge in [0.05, 0.1) is 6.54 Å². The average Bonchev–Trinajstić information content (AvgIpc) is 3.13. The van der Waals surface area contributed by atoms with Gasteiger partial charge in [0, 0.05) is 23.9 Å². The Morgan fingerprint density at radius 2 is 2.19 bits per heavy atom. The first-order valence-electron chi connectivity index (χ1n) is 8.58. The molecule has 0 aliphatic carbocycles. The van der Waals surface area contributed by atoms with Crippen LogP contribution in [-0.4, -0.2) is 51.5 Å². The molecule has 3 heterocycles. The highest BCUT2D eigenvalue weighted by molar-refractivity contribution is 5.79. The van der Waals surface area contributed by atoms with Crippen molar-refractivity contribution >= 4 is 11.8 Å². The van der Waals surface area contributed by atoms with Gasteiger partial charge in [0.25, 0.3) is 0 Å². The fraction of sp³-hybridized carbons (Fsp3) is 0.471. The number of carbonyl (C=O) groups is 2. The Morgan fingerprint density at radius 1 is 1.42 bits per heavy atom. The number of primary amides is 1. The number of nitrogens with zero attached hydrogens (tertiary/aromatic N) is 4. The maximum atomic E-state index is 12.2. The number of carbonyl (C=O) groups excluding carboxylic acids is 2. The largest absolute Gasteiger partial charge is 0.369 e. The minimum absolute atomic E-state index is 0.0856. The van der Waals surface area contributed by atoms with Gasteiger partial charge in [0.1, 0.15) is 6.04 Å². The lowest BCUT2D eigenvalue weighted by Crippen LogP contribution is -2.44. The van der Waals surface area contributed by atoms with Crippen LogP contribution in [0.4, 0.5) is 0 Å². The van der Waals surface area contributed by atoms with Gasteiger partial charge in [-0.1, -0.05) is 5.16 Å². The van der Waals surface area contributed by atoms with Crippen molar-refractivity contribution in [1.29, 1.82) is 0 Å². The molecular weight excluding hydrogens is 336 g/mol. The van der Waals surface area contributed by atoms with E-state index in [2.05, 4.69) is 20.4 Å². The van der Waals surface area contributed by atoms with E-state index in [4.69, 9.17) is 10.3 Å². The number of hydrogen-bond donors (Lipinski definition) is 2. The van der Waals surface area contributed by atoms with Crippen LogP contribution in [0.5, 0.6) is 0 Å². The van der Waals surface area contributed by atoms with Crippen molar-refractivity contribution in [3.8, 4) is 11.4 Å². The predicted molar refractivity (Wildman–Crippen MR) is 92.4 cm³/mol. The maximum Gasteiger partial charge on any atom is 0.249 e. The van der Waals surface area contributed by atoms with E-state index in [0.717, 1.165) is 5.56 Å². The Bertz CT molecular complexity index is 755. The summed E-state index contributed by atoms with van der Waals surface area (Å²) in [4.78, 5) is 33.8. The third-order valence-electron chi connectivity index (χ3n) is 4.47. The third kappa shape index (κ3) is 4.42. The van der Waals surface area contributed by atoms with Gasteiger partial charge in [-0.25, -0.2) is 0 Å². The molecule has 3 rings (SSSR count). The van der Waals surface area contributed by atoms with E-state index >= 15 is 0 Å². The zero-order valence-corrected chi connectivity index (χ0v) is 14.6. The maximum absolute atomic E-state index is 12.2. The lowest BCUT2D eigenvalue weighted by atomic mass is 9.96. The fourth-order valence-electron chi connectivity index (χ4n) is 2.95. The van der Waals surface area contributed by atoms with Gasteiger partial charge in [-0.3, -0.25) is 19.5 Å². The van der Waals surface area contributed by atoms with Crippen LogP contribution in [0.25, 0.3) is 11.4 Å². The van der Waals surface area contributed by atoms with Crippen molar-refractivity contribution in [3.05, 3.63) is 30.4 Å². The average molecular weight is 358 g/mol. The summed E-state index contributed by atoms with van der Waals surface area (Å²) in [6.07, 6.45) is 4.69. The molecule has 1 fully saturated rings. The zero-order chi connectivity index (χ0) is 18.5. The molecule has 0 bridgehead atoms. The van der Waals surface area contributed by atoms with E-state index in [0.29, 0.717) is 37.6 Å². The van der Waals surface area contributed by atoms with Crippen LogP contribution >= 0.6 is 0 Å². The first-order valence-corrected chi connectivity index (χ1v) is 8.58. The molecule has 1 saturated heterocycles. The number of likely N-dealkylation sites (tertiary alicyclic amines) is 1. The van der Waals surface area contributed by atoms with Gasteiger partial charge in [-0.2, -0.15) is 4.98 Å². The molecule has 1 aliphatic heterocycles. The summed E-state index contributed by atoms with van der Waals surface area (Å²) in [6.45, 7) is 3.42. The van der Waals surface area contributed by atoms with Crippen LogP contribution in [0.2, 0.25) is 0 Å². The van der Waals surface area contributed by atoms with E-state index < -0.39 is 6.04 Å². The minimum Gasteiger partial charge on any atom is -0.369 e. The molecule has 138 valence electrons. The van der Waals surface area contributed by atoms with Gasteiger partial charge in [-0.15, -0.1) is 0 Å².